The maximum Gasteiger partial charge on any atom is 0.234 e. The van der Waals surface area contributed by atoms with Crippen molar-refractivity contribution in [2.24, 2.45) is 11.5 Å². The summed E-state index contributed by atoms with van der Waals surface area (Å²) >= 11 is 1.40. The van der Waals surface area contributed by atoms with E-state index in [4.69, 9.17) is 21.9 Å². The number of ether oxygens (including phenoxy) is 1. The molecule has 0 radical (unpaired) electrons. The fraction of sp³-hybridized carbons (Fsp3) is 0.375. The summed E-state index contributed by atoms with van der Waals surface area (Å²) in [7, 11) is 0. The molecule has 7 N–H and O–H groups in total. The molecule has 2 aliphatic heterocycles. The van der Waals surface area contributed by atoms with Gasteiger partial charge in [-0.3, -0.25) is 14.5 Å². The Labute approximate surface area is 245 Å². The minimum Gasteiger partial charge on any atom is -0.457 e. The van der Waals surface area contributed by atoms with Crippen LogP contribution < -0.4 is 27.3 Å². The van der Waals surface area contributed by atoms with E-state index in [1.165, 1.54) is 11.8 Å². The molecule has 1 amide bonds. The Morgan fingerprint density at radius 3 is 2.51 bits per heavy atom. The van der Waals surface area contributed by atoms with Crippen LogP contribution in [0.4, 0.5) is 5.69 Å². The van der Waals surface area contributed by atoms with Gasteiger partial charge < -0.3 is 27.3 Å². The number of Topliss-reactive ketones (excluding diaryl/α,β-unsaturated/α-hetero) is 1. The number of aryl methyl sites for hydroxylation is 1. The molecule has 1 saturated heterocycles. The van der Waals surface area contributed by atoms with Gasteiger partial charge in [-0.15, -0.1) is 11.8 Å². The second-order valence-electron chi connectivity index (χ2n) is 11.7. The number of nitrogen functional groups attached to an aromatic ring is 1. The molecule has 9 heteroatoms. The van der Waals surface area contributed by atoms with Crippen LogP contribution in [0, 0.1) is 6.92 Å². The summed E-state index contributed by atoms with van der Waals surface area (Å²) < 4.78 is 6.01. The van der Waals surface area contributed by atoms with Gasteiger partial charge >= 0.3 is 0 Å². The zero-order valence-corrected chi connectivity index (χ0v) is 24.4. The number of ketones is 1. The van der Waals surface area contributed by atoms with E-state index in [1.807, 2.05) is 61.5 Å². The molecule has 8 nitrogen and oxygen atoms in total. The van der Waals surface area contributed by atoms with Crippen LogP contribution in [0.15, 0.2) is 65.6 Å². The molecule has 5 unspecified atom stereocenters. The molecule has 3 aliphatic rings. The highest BCUT2D eigenvalue weighted by molar-refractivity contribution is 8.01. The van der Waals surface area contributed by atoms with Gasteiger partial charge in [0.25, 0.3) is 0 Å². The molecule has 0 bridgehead atoms. The summed E-state index contributed by atoms with van der Waals surface area (Å²) in [6.07, 6.45) is 0.895. The molecule has 0 saturated carbocycles. The van der Waals surface area contributed by atoms with Gasteiger partial charge in [0.05, 0.1) is 11.3 Å². The smallest absolute Gasteiger partial charge is 0.234 e. The molecular weight excluding hydrogens is 534 g/mol. The summed E-state index contributed by atoms with van der Waals surface area (Å²) in [5, 5.41) is 2.67. The van der Waals surface area contributed by atoms with Gasteiger partial charge in [-0.25, -0.2) is 0 Å². The summed E-state index contributed by atoms with van der Waals surface area (Å²) in [4.78, 5) is 31.0. The standard InChI is InChI=1S/C32H37N5O3S/c1-17(2)37-14-13-19(16-37)36-31(39)29-26-25-23(11-12-24(33)28(25)41-29)32(35,30(38)27(26)34)22-10-9-21(15-18(22)3)40-20-7-5-4-6-8-20/h4-12,15,17,19,26-27,29H,13-14,16,33-35H2,1-3H3,(H,36,39). The van der Waals surface area contributed by atoms with Crippen molar-refractivity contribution in [1.82, 2.24) is 10.2 Å². The molecule has 0 spiro atoms. The van der Waals surface area contributed by atoms with E-state index in [0.717, 1.165) is 35.5 Å². The number of rotatable bonds is 6. The first-order valence-electron chi connectivity index (χ1n) is 14.2. The predicted octanol–water partition coefficient (Wildman–Crippen LogP) is 3.64. The van der Waals surface area contributed by atoms with Crippen molar-refractivity contribution >= 4 is 29.1 Å². The number of likely N-dealkylation sites (tertiary alicyclic amines) is 1. The third-order valence-corrected chi connectivity index (χ3v) is 10.2. The topological polar surface area (TPSA) is 137 Å². The number of thioether (sulfide) groups is 1. The third-order valence-electron chi connectivity index (χ3n) is 8.79. The molecule has 214 valence electrons. The summed E-state index contributed by atoms with van der Waals surface area (Å²) in [6.45, 7) is 8.00. The van der Waals surface area contributed by atoms with Gasteiger partial charge in [0.1, 0.15) is 17.0 Å². The highest BCUT2D eigenvalue weighted by Crippen LogP contribution is 2.56. The van der Waals surface area contributed by atoms with E-state index in [-0.39, 0.29) is 17.7 Å². The van der Waals surface area contributed by atoms with E-state index in [9.17, 15) is 9.59 Å². The molecule has 0 aromatic heterocycles. The summed E-state index contributed by atoms with van der Waals surface area (Å²) in [6, 6.07) is 18.2. The van der Waals surface area contributed by atoms with Crippen LogP contribution in [0.3, 0.4) is 0 Å². The first kappa shape index (κ1) is 27.8. The van der Waals surface area contributed by atoms with Crippen LogP contribution in [0.1, 0.15) is 48.4 Å². The fourth-order valence-electron chi connectivity index (χ4n) is 6.62. The van der Waals surface area contributed by atoms with E-state index in [0.29, 0.717) is 34.4 Å². The number of para-hydroxylation sites is 1. The Balaban J connectivity index is 1.34. The Morgan fingerprint density at radius 1 is 1.10 bits per heavy atom. The first-order valence-corrected chi connectivity index (χ1v) is 15.0. The van der Waals surface area contributed by atoms with Crippen molar-refractivity contribution < 1.29 is 14.3 Å². The van der Waals surface area contributed by atoms with Crippen LogP contribution in [0.5, 0.6) is 11.5 Å². The Kier molecular flexibility index (Phi) is 7.10. The van der Waals surface area contributed by atoms with Crippen molar-refractivity contribution in [3.63, 3.8) is 0 Å². The van der Waals surface area contributed by atoms with Crippen molar-refractivity contribution in [1.29, 1.82) is 0 Å². The number of carbonyl (C=O) groups is 2. The monoisotopic (exact) mass is 571 g/mol. The second kappa shape index (κ2) is 10.5. The first-order chi connectivity index (χ1) is 19.6. The molecule has 41 heavy (non-hydrogen) atoms. The normalized spacial score (nSPS) is 27.2. The maximum atomic E-state index is 14.2. The number of benzene rings is 3. The van der Waals surface area contributed by atoms with Crippen molar-refractivity contribution in [3.8, 4) is 11.5 Å². The van der Waals surface area contributed by atoms with Crippen molar-refractivity contribution in [2.75, 3.05) is 18.8 Å². The number of nitrogens with two attached hydrogens (primary N) is 3. The summed E-state index contributed by atoms with van der Waals surface area (Å²) in [5.41, 5.74) is 22.3. The van der Waals surface area contributed by atoms with Crippen molar-refractivity contribution in [3.05, 3.63) is 82.9 Å². The minimum absolute atomic E-state index is 0.0643. The quantitative estimate of drug-likeness (QED) is 0.329. The molecule has 3 aromatic carbocycles. The molecular formula is C32H37N5O3S. The molecule has 1 aliphatic carbocycles. The lowest BCUT2D eigenvalue weighted by molar-refractivity contribution is -0.126. The van der Waals surface area contributed by atoms with E-state index >= 15 is 0 Å². The van der Waals surface area contributed by atoms with Gasteiger partial charge in [0.15, 0.2) is 5.78 Å². The van der Waals surface area contributed by atoms with Crippen molar-refractivity contribution in [2.45, 2.75) is 66.9 Å². The van der Waals surface area contributed by atoms with Gasteiger partial charge in [-0.2, -0.15) is 0 Å². The van der Waals surface area contributed by atoms with Gasteiger partial charge in [-0.05, 0) is 79.8 Å². The molecule has 6 rings (SSSR count). The lowest BCUT2D eigenvalue weighted by Gasteiger charge is -2.42. The lowest BCUT2D eigenvalue weighted by Crippen LogP contribution is -2.60. The molecule has 3 aromatic rings. The van der Waals surface area contributed by atoms with E-state index < -0.39 is 22.7 Å². The SMILES string of the molecule is Cc1cc(Oc2ccccc2)ccc1C1(N)C(=O)C(N)C2c3c1ccc(N)c3SC2C(=O)NC1CCN(C(C)C)C1. The Bertz CT molecular complexity index is 1510. The predicted molar refractivity (Wildman–Crippen MR) is 162 cm³/mol. The lowest BCUT2D eigenvalue weighted by atomic mass is 9.64. The van der Waals surface area contributed by atoms with E-state index in [2.05, 4.69) is 24.1 Å². The number of anilines is 1. The fourth-order valence-corrected chi connectivity index (χ4v) is 8.08. The molecule has 1 fully saturated rings. The maximum absolute atomic E-state index is 14.2. The van der Waals surface area contributed by atoms with Crippen LogP contribution in [0.25, 0.3) is 0 Å². The summed E-state index contributed by atoms with van der Waals surface area (Å²) in [5.74, 6) is 0.430. The minimum atomic E-state index is -1.49. The third kappa shape index (κ3) is 4.61. The van der Waals surface area contributed by atoms with Gasteiger partial charge in [-0.1, -0.05) is 30.3 Å². The number of hydrogen-bond donors (Lipinski definition) is 4. The zero-order chi connectivity index (χ0) is 29.1. The molecule has 2 heterocycles. The van der Waals surface area contributed by atoms with Crippen LogP contribution in [-0.4, -0.2) is 53.1 Å². The number of amides is 1. The van der Waals surface area contributed by atoms with Gasteiger partial charge in [0.2, 0.25) is 5.91 Å². The largest absolute Gasteiger partial charge is 0.457 e. The average Bonchev–Trinajstić information content (AvgIpc) is 3.58. The average molecular weight is 572 g/mol. The van der Waals surface area contributed by atoms with Crippen LogP contribution >= 0.6 is 11.8 Å². The number of hydrogen-bond acceptors (Lipinski definition) is 8. The molecule has 5 atom stereocenters. The second-order valence-corrected chi connectivity index (χ2v) is 12.8. The Hall–Kier alpha value is -3.37. The number of nitrogens with zero attached hydrogens (tertiary/aromatic N) is 1. The number of nitrogens with one attached hydrogen (secondary N) is 1. The van der Waals surface area contributed by atoms with Crippen LogP contribution in [-0.2, 0) is 15.1 Å². The highest BCUT2D eigenvalue weighted by atomic mass is 32.2. The number of carbonyl (C=O) groups excluding carboxylic acids is 2. The van der Waals surface area contributed by atoms with E-state index in [1.54, 1.807) is 6.07 Å². The Morgan fingerprint density at radius 2 is 1.83 bits per heavy atom. The highest BCUT2D eigenvalue weighted by Gasteiger charge is 2.57. The van der Waals surface area contributed by atoms with Gasteiger partial charge in [0, 0.05) is 41.7 Å². The van der Waals surface area contributed by atoms with Crippen LogP contribution in [0.2, 0.25) is 0 Å². The zero-order valence-electron chi connectivity index (χ0n) is 23.6.